The van der Waals surface area contributed by atoms with Crippen LogP contribution in [0.25, 0.3) is 99.8 Å². The van der Waals surface area contributed by atoms with E-state index in [2.05, 4.69) is 192 Å². The second-order valence-corrected chi connectivity index (χ2v) is 28.1. The van der Waals surface area contributed by atoms with Gasteiger partial charge >= 0.3 is 0 Å². The van der Waals surface area contributed by atoms with Gasteiger partial charge in [-0.1, -0.05) is 32.9 Å². The Morgan fingerprint density at radius 2 is 0.791 bits per heavy atom. The van der Waals surface area contributed by atoms with Crippen LogP contribution in [-0.4, -0.2) is 176 Å². The number of amides is 3. The average molecular weight is 1720 g/mol. The lowest BCUT2D eigenvalue weighted by Crippen LogP contribution is -2.12. The molecule has 632 valence electrons. The minimum absolute atomic E-state index is 0.145. The normalized spacial score (nSPS) is 11.4. The Bertz CT molecular complexity index is 7700. The first-order valence-electron chi connectivity index (χ1n) is 38.1. The van der Waals surface area contributed by atoms with Crippen LogP contribution in [0, 0.1) is 47.1 Å². The smallest absolute Gasteiger partial charge is 0.252 e. The molecular weight excluding hydrogens is 1660 g/mol. The second-order valence-electron chi connectivity index (χ2n) is 28.1. The van der Waals surface area contributed by atoms with Crippen molar-refractivity contribution in [3.05, 3.63) is 246 Å². The van der Waals surface area contributed by atoms with Gasteiger partial charge in [-0.3, -0.25) is 34.8 Å². The molecule has 0 aliphatic carbocycles. The monoisotopic (exact) mass is 1720 g/mol. The highest BCUT2D eigenvalue weighted by molar-refractivity contribution is 5.91. The lowest BCUT2D eigenvalue weighted by atomic mass is 9.91. The Hall–Kier alpha value is -19.7. The molecule has 0 saturated carbocycles. The third-order valence-electron chi connectivity index (χ3n) is 17.9. The van der Waals surface area contributed by atoms with Crippen molar-refractivity contribution in [3.63, 3.8) is 0 Å². The number of carbonyl (C=O) groups excluding carboxylic acids is 3. The molecule has 0 atom stereocenters. The van der Waals surface area contributed by atoms with Gasteiger partial charge in [0.15, 0.2) is 69.3 Å². The zero-order valence-electron chi connectivity index (χ0n) is 68.9. The van der Waals surface area contributed by atoms with Crippen LogP contribution in [0.1, 0.15) is 64.4 Å². The van der Waals surface area contributed by atoms with Gasteiger partial charge in [0.05, 0.1) is 74.4 Å². The largest absolute Gasteiger partial charge is 0.326 e. The number of benzene rings is 3. The van der Waals surface area contributed by atoms with Crippen LogP contribution < -0.4 is 16.0 Å². The highest BCUT2D eigenvalue weighted by atomic mass is 16.2. The molecule has 0 saturated heterocycles. The van der Waals surface area contributed by atoms with Gasteiger partial charge in [0.1, 0.15) is 12.2 Å². The van der Waals surface area contributed by atoms with Crippen molar-refractivity contribution in [3.8, 4) is 57.8 Å². The van der Waals surface area contributed by atoms with Gasteiger partial charge in [-0.2, -0.15) is 58.1 Å². The first-order chi connectivity index (χ1) is 62.6. The molecule has 19 aromatic rings. The molecule has 0 radical (unpaired) electrons. The van der Waals surface area contributed by atoms with E-state index in [4.69, 9.17) is 31.3 Å². The standard InChI is InChI=1S/C24H22N12O.2C21H16N12O.C13H9N11/c1-14(37)29-16-9-7-15(8-10-16)20-30-22-18(19(24(2,3)4)33-36(22)34-20)31-32-21-17(25-5)13-28-35(21)23-26-11-6-12-27-23;1-12-17(28-29-19-16(22-3)11-25-32(19)21-23-9-4-10-24-21)20-27-18(31-33(20)30-12)14-5-7-15(8-6-14)26-13(2)34;1-12-17(28-29-19-16(22-3)11-25-32(19)21-23-8-5-9-24-21)20-27-18(31-33(20)30-12)14-6-4-7-15(10-14)26-13(2)34;1-8-19-12-10(6-18-24(12)22-8)20-21-13-9(14-2)5-17-23(13)11-3-4-15-7-16-11/h6-13,33H,1-4H3,(H,29,37);2*4-11,30H,1-2H3,(H,26,34);3-7H,1H3,(H,19,22). The summed E-state index contributed by atoms with van der Waals surface area (Å²) in [5.41, 5.74) is 10.8. The number of nitrogens with one attached hydrogen (secondary N) is 7. The lowest BCUT2D eigenvalue weighted by Gasteiger charge is -2.16. The van der Waals surface area contributed by atoms with Gasteiger partial charge in [-0.25, -0.2) is 83.9 Å². The number of aromatic nitrogens is 32. The molecule has 7 N–H and O–H groups in total. The molecule has 0 aliphatic heterocycles. The van der Waals surface area contributed by atoms with Gasteiger partial charge in [-0.05, 0) is 99.6 Å². The molecule has 16 heterocycles. The quantitative estimate of drug-likeness (QED) is 0.0310. The molecule has 0 aliphatic rings. The van der Waals surface area contributed by atoms with E-state index >= 15 is 0 Å². The Morgan fingerprint density at radius 3 is 1.22 bits per heavy atom. The van der Waals surface area contributed by atoms with Crippen molar-refractivity contribution in [2.24, 2.45) is 40.9 Å². The zero-order chi connectivity index (χ0) is 90.0. The van der Waals surface area contributed by atoms with E-state index in [1.165, 1.54) is 90.7 Å². The molecule has 0 spiro atoms. The summed E-state index contributed by atoms with van der Waals surface area (Å²) in [5.74, 6) is 3.82. The molecule has 19 rings (SSSR count). The molecule has 0 fully saturated rings. The van der Waals surface area contributed by atoms with Gasteiger partial charge in [0.25, 0.3) is 40.6 Å². The number of aromatic amines is 4. The number of aryl methyl sites for hydroxylation is 3. The van der Waals surface area contributed by atoms with E-state index in [1.807, 2.05) is 71.9 Å². The number of rotatable bonds is 18. The summed E-state index contributed by atoms with van der Waals surface area (Å²) in [5, 5.41) is 89.4. The topological polar surface area (TPSA) is 562 Å². The number of H-pyrrole nitrogens is 4. The number of hydrogen-bond donors (Lipinski definition) is 7. The minimum Gasteiger partial charge on any atom is -0.326 e. The van der Waals surface area contributed by atoms with Crippen molar-refractivity contribution in [1.82, 2.24) is 158 Å². The highest BCUT2D eigenvalue weighted by Gasteiger charge is 2.28. The summed E-state index contributed by atoms with van der Waals surface area (Å²) < 4.78 is 11.5. The SMILES string of the molecule is [C-]#[N+]c1cnn(-c2ccncn2)c1N=Nc1cnn2[nH]c(C)nc12.[C-]#[N+]c1cnn(-c2ncccn2)c1N=Nc1c(C(C)(C)C)[nH]n2nc(-c3ccc(NC(C)=O)cc3)nc12.[C-]#[N+]c1cnn(-c2ncccn2)c1N=Nc1c(C)[nH]n2nc(-c3ccc(NC(C)=O)cc3)nc12.[C-]#[N+]c1cnn(-c2ncccn2)c1N=Nc1c(C)[nH]n2nc(-c3cccc(NC(C)=O)c3)nc12. The molecule has 0 bridgehead atoms. The number of nitrogens with zero attached hydrogens (tertiary/aromatic N) is 40. The fourth-order valence-electron chi connectivity index (χ4n) is 12.2. The average Bonchev–Trinajstić information content (AvgIpc) is 1.13. The fraction of sp³-hybridized carbons (Fsp3) is 0.127. The van der Waals surface area contributed by atoms with Crippen molar-refractivity contribution in [2.45, 2.75) is 67.7 Å². The predicted octanol–water partition coefficient (Wildman–Crippen LogP) is 15.1. The molecule has 129 heavy (non-hydrogen) atoms. The summed E-state index contributed by atoms with van der Waals surface area (Å²) in [6.45, 7) is 45.5. The summed E-state index contributed by atoms with van der Waals surface area (Å²) in [6, 6.07) is 28.3. The zero-order valence-corrected chi connectivity index (χ0v) is 68.9. The van der Waals surface area contributed by atoms with Gasteiger partial charge < -0.3 is 16.0 Å². The third kappa shape index (κ3) is 17.9. The van der Waals surface area contributed by atoms with Gasteiger partial charge in [0.2, 0.25) is 40.3 Å². The number of anilines is 3. The Kier molecular flexibility index (Phi) is 23.1. The van der Waals surface area contributed by atoms with Crippen LogP contribution in [0.3, 0.4) is 0 Å². The molecule has 50 nitrogen and oxygen atoms in total. The van der Waals surface area contributed by atoms with E-state index in [0.717, 1.165) is 22.4 Å². The van der Waals surface area contributed by atoms with E-state index in [-0.39, 0.29) is 87.0 Å². The van der Waals surface area contributed by atoms with Gasteiger partial charge in [0, 0.05) is 109 Å². The molecule has 3 aromatic carbocycles. The number of carbonyl (C=O) groups is 3. The van der Waals surface area contributed by atoms with Crippen LogP contribution in [0.5, 0.6) is 0 Å². The maximum Gasteiger partial charge on any atom is 0.252 e. The molecular formula is C79H63N47O3. The minimum atomic E-state index is -0.331. The maximum absolute atomic E-state index is 11.4. The van der Waals surface area contributed by atoms with Crippen LogP contribution in [0.15, 0.2) is 219 Å². The number of hydrogen-bond acceptors (Lipinski definition) is 31. The second kappa shape index (κ2) is 35.9. The van der Waals surface area contributed by atoms with Crippen LogP contribution >= 0.6 is 0 Å². The molecule has 50 heteroatoms. The van der Waals surface area contributed by atoms with Crippen molar-refractivity contribution >= 4 is 126 Å². The Morgan fingerprint density at radius 1 is 0.388 bits per heavy atom. The van der Waals surface area contributed by atoms with Crippen molar-refractivity contribution in [1.29, 1.82) is 0 Å². The third-order valence-corrected chi connectivity index (χ3v) is 17.9. The van der Waals surface area contributed by atoms with Gasteiger partial charge in [-0.15, -0.1) is 56.2 Å². The molecule has 16 aromatic heterocycles. The number of fused-ring (bicyclic) bond motifs is 4. The fourth-order valence-corrected chi connectivity index (χ4v) is 12.2. The highest BCUT2D eigenvalue weighted by Crippen LogP contribution is 2.41. The maximum atomic E-state index is 11.4. The lowest BCUT2D eigenvalue weighted by molar-refractivity contribution is -0.115. The molecule has 3 amide bonds. The summed E-state index contributed by atoms with van der Waals surface area (Å²) >= 11 is 0. The van der Waals surface area contributed by atoms with Crippen molar-refractivity contribution in [2.75, 3.05) is 16.0 Å². The summed E-state index contributed by atoms with van der Waals surface area (Å²) in [7, 11) is 0. The Labute approximate surface area is 724 Å². The van der Waals surface area contributed by atoms with Crippen LogP contribution in [0.2, 0.25) is 0 Å². The summed E-state index contributed by atoms with van der Waals surface area (Å²) in [4.78, 5) is 98.9. The number of azo groups is 4. The summed E-state index contributed by atoms with van der Waals surface area (Å²) in [6.07, 6.45) is 19.5. The first-order valence-corrected chi connectivity index (χ1v) is 38.1. The van der Waals surface area contributed by atoms with E-state index in [1.54, 1.807) is 115 Å². The van der Waals surface area contributed by atoms with E-state index in [9.17, 15) is 14.4 Å². The predicted molar refractivity (Wildman–Crippen MR) is 460 cm³/mol. The van der Waals surface area contributed by atoms with Crippen molar-refractivity contribution < 1.29 is 14.4 Å². The van der Waals surface area contributed by atoms with E-state index < -0.39 is 0 Å². The first kappa shape index (κ1) is 83.0. The van der Waals surface area contributed by atoms with Crippen LogP contribution in [0.4, 0.5) is 85.8 Å². The van der Waals surface area contributed by atoms with E-state index in [0.29, 0.717) is 103 Å². The van der Waals surface area contributed by atoms with Crippen LogP contribution in [-0.2, 0) is 19.8 Å². The Balaban J connectivity index is 0.000000127. The molecule has 0 unspecified atom stereocenters.